The van der Waals surface area contributed by atoms with Crippen molar-refractivity contribution >= 4 is 34.2 Å². The van der Waals surface area contributed by atoms with E-state index in [-0.39, 0.29) is 0 Å². The summed E-state index contributed by atoms with van der Waals surface area (Å²) in [6.07, 6.45) is 0. The van der Waals surface area contributed by atoms with Gasteiger partial charge >= 0.3 is 65.7 Å². The van der Waals surface area contributed by atoms with E-state index < -0.39 is 19.0 Å². The van der Waals surface area contributed by atoms with E-state index in [0.717, 1.165) is 22.3 Å². The number of hydrogen-bond acceptors (Lipinski definition) is 4. The van der Waals surface area contributed by atoms with Crippen molar-refractivity contribution in [2.75, 3.05) is 7.11 Å². The molecule has 0 radical (unpaired) electrons. The van der Waals surface area contributed by atoms with E-state index in [1.165, 1.54) is 0 Å². The predicted molar refractivity (Wildman–Crippen MR) is 31.6 cm³/mol. The second-order valence-corrected chi connectivity index (χ2v) is 5.59. The second kappa shape index (κ2) is 6.96. The summed E-state index contributed by atoms with van der Waals surface area (Å²) in [6.45, 7) is 0. The van der Waals surface area contributed by atoms with Crippen LogP contribution in [0.5, 0.6) is 0 Å². The zero-order chi connectivity index (χ0) is 7.91. The van der Waals surface area contributed by atoms with Crippen LogP contribution in [0.1, 0.15) is 0 Å². The zero-order valence-electron chi connectivity index (χ0n) is 5.62. The minimum atomic E-state index is -5.31. The van der Waals surface area contributed by atoms with Crippen molar-refractivity contribution < 1.29 is 12.8 Å². The van der Waals surface area contributed by atoms with Crippen LogP contribution in [-0.2, 0) is 9.31 Å². The third-order valence-electron chi connectivity index (χ3n) is 0.204. The van der Waals surface area contributed by atoms with Crippen molar-refractivity contribution in [1.29, 1.82) is 0 Å². The standard InChI is InChI=1S/CH4O4Te.2CH3.Al/c1-5-6(2,3)4;;;/h1H3,(H,2,3,4);2*1H3;/q;;;+1/p-1. The van der Waals surface area contributed by atoms with Crippen molar-refractivity contribution in [2.24, 2.45) is 0 Å². The molecule has 0 unspecified atom stereocenters. The molecule has 0 atom stereocenters. The molecule has 0 saturated heterocycles. The molecule has 0 aliphatic rings. The summed E-state index contributed by atoms with van der Waals surface area (Å²) < 4.78 is 31.4. The van der Waals surface area contributed by atoms with Gasteiger partial charge in [0, 0.05) is 0 Å². The Balaban J connectivity index is 0. The van der Waals surface area contributed by atoms with Gasteiger partial charge in [0.05, 0.1) is 0 Å². The normalized spacial score (nSPS) is 8.89. The average molecular weight is 264 g/mol. The topological polar surface area (TPSA) is 66.4 Å². The zero-order valence-corrected chi connectivity index (χ0v) is 9.10. The molecule has 9 heavy (non-hydrogen) atoms. The Morgan fingerprint density at radius 1 is 1.44 bits per heavy atom. The third-order valence-corrected chi connectivity index (χ3v) is 1.37. The number of hydrogen-bond donors (Lipinski definition) is 0. The van der Waals surface area contributed by atoms with Crippen molar-refractivity contribution in [3.63, 3.8) is 0 Å². The maximum atomic E-state index is 9.33. The third kappa shape index (κ3) is 28.0. The molecule has 0 aromatic rings. The molecule has 0 saturated carbocycles. The maximum absolute atomic E-state index is 9.33. The number of rotatable bonds is 1. The van der Waals surface area contributed by atoms with E-state index in [2.05, 4.69) is 14.7 Å². The first-order chi connectivity index (χ1) is 3.97. The summed E-state index contributed by atoms with van der Waals surface area (Å²) in [4.78, 5) is 0. The summed E-state index contributed by atoms with van der Waals surface area (Å²) >= 11 is -4.56. The second-order valence-electron chi connectivity index (χ2n) is 1.15. The molecular weight excluding hydrogens is 255 g/mol. The molecule has 6 heteroatoms. The van der Waals surface area contributed by atoms with Gasteiger partial charge in [-0.2, -0.15) is 0 Å². The van der Waals surface area contributed by atoms with Gasteiger partial charge in [0.25, 0.3) is 0 Å². The van der Waals surface area contributed by atoms with Crippen LogP contribution >= 0.6 is 0 Å². The van der Waals surface area contributed by atoms with Crippen LogP contribution in [0.2, 0.25) is 11.6 Å². The van der Waals surface area contributed by atoms with E-state index in [1.54, 1.807) is 0 Å². The van der Waals surface area contributed by atoms with Gasteiger partial charge in [0.15, 0.2) is 0 Å². The first kappa shape index (κ1) is 12.5. The molecule has 0 fully saturated rings. The molecule has 0 aliphatic carbocycles. The fraction of sp³-hybridized carbons (Fsp3) is 1.00. The Bertz CT molecular complexity index is 129. The van der Waals surface area contributed by atoms with E-state index in [4.69, 9.17) is 0 Å². The first-order valence-electron chi connectivity index (χ1n) is 2.23. The van der Waals surface area contributed by atoms with Crippen LogP contribution in [0.4, 0.5) is 0 Å². The van der Waals surface area contributed by atoms with E-state index in [1.807, 2.05) is 0 Å². The molecule has 0 heterocycles. The summed E-state index contributed by atoms with van der Waals surface area (Å²) in [5.74, 6) is 4.42. The van der Waals surface area contributed by atoms with Crippen molar-refractivity contribution in [1.82, 2.24) is 0 Å². The Morgan fingerprint density at radius 2 is 1.56 bits per heavy atom. The Labute approximate surface area is 65.6 Å². The molecule has 54 valence electrons. The van der Waals surface area contributed by atoms with Gasteiger partial charge in [-0.25, -0.2) is 0 Å². The Morgan fingerprint density at radius 3 is 1.56 bits per heavy atom. The van der Waals surface area contributed by atoms with Crippen LogP contribution in [0.15, 0.2) is 0 Å². The minimum absolute atomic E-state index is 0.750. The van der Waals surface area contributed by atoms with Crippen molar-refractivity contribution in [2.45, 2.75) is 11.6 Å². The van der Waals surface area contributed by atoms with Crippen LogP contribution in [-0.4, -0.2) is 41.3 Å². The Hall–Kier alpha value is 0.842. The summed E-state index contributed by atoms with van der Waals surface area (Å²) in [5, 5.41) is 0. The van der Waals surface area contributed by atoms with Gasteiger partial charge in [-0.1, -0.05) is 0 Å². The quantitative estimate of drug-likeness (QED) is 0.574. The molecular formula is C3H9AlO4Te. The fourth-order valence-corrected chi connectivity index (χ4v) is 0. The SMILES string of the molecule is CO[Te](=O)(=O)[O-].[CH3][Al+][CH3]. The monoisotopic (exact) mass is 266 g/mol. The van der Waals surface area contributed by atoms with Crippen LogP contribution in [0.25, 0.3) is 0 Å². The molecule has 0 bridgehead atoms. The molecule has 0 amide bonds. The van der Waals surface area contributed by atoms with Gasteiger partial charge < -0.3 is 0 Å². The summed E-state index contributed by atoms with van der Waals surface area (Å²) in [7, 11) is 0.855. The van der Waals surface area contributed by atoms with Gasteiger partial charge in [0.1, 0.15) is 0 Å². The molecule has 0 rings (SSSR count). The van der Waals surface area contributed by atoms with Crippen LogP contribution in [0.3, 0.4) is 0 Å². The van der Waals surface area contributed by atoms with Crippen LogP contribution in [0, 0.1) is 0 Å². The van der Waals surface area contributed by atoms with Gasteiger partial charge in [-0.3, -0.25) is 0 Å². The molecule has 0 N–H and O–H groups in total. The molecule has 0 aromatic heterocycles. The fourth-order valence-electron chi connectivity index (χ4n) is 0. The molecule has 0 aliphatic heterocycles. The van der Waals surface area contributed by atoms with Crippen molar-refractivity contribution in [3.8, 4) is 0 Å². The Kier molecular flexibility index (Phi) is 9.67. The average Bonchev–Trinajstić information content (AvgIpc) is 1.67. The van der Waals surface area contributed by atoms with Crippen molar-refractivity contribution in [3.05, 3.63) is 0 Å². The molecule has 0 aromatic carbocycles. The van der Waals surface area contributed by atoms with Gasteiger partial charge in [0.2, 0.25) is 0 Å². The van der Waals surface area contributed by atoms with E-state index in [0.29, 0.717) is 0 Å². The molecule has 4 nitrogen and oxygen atoms in total. The first-order valence-corrected chi connectivity index (χ1v) is 8.34. The summed E-state index contributed by atoms with van der Waals surface area (Å²) in [5.41, 5.74) is 0. The van der Waals surface area contributed by atoms with Gasteiger partial charge in [-0.05, 0) is 0 Å². The van der Waals surface area contributed by atoms with Crippen LogP contribution < -0.4 is 3.47 Å². The van der Waals surface area contributed by atoms with E-state index in [9.17, 15) is 9.68 Å². The van der Waals surface area contributed by atoms with E-state index >= 15 is 0 Å². The predicted octanol–water partition coefficient (Wildman–Crippen LogP) is -0.924. The summed E-state index contributed by atoms with van der Waals surface area (Å²) in [6, 6.07) is 0. The van der Waals surface area contributed by atoms with Gasteiger partial charge in [-0.15, -0.1) is 0 Å². The molecule has 0 spiro atoms.